The molecule has 0 amide bonds. The number of rotatable bonds is 4. The van der Waals surface area contributed by atoms with E-state index in [2.05, 4.69) is 44.5 Å². The van der Waals surface area contributed by atoms with Crippen LogP contribution in [0.5, 0.6) is 0 Å². The summed E-state index contributed by atoms with van der Waals surface area (Å²) in [4.78, 5) is 0. The summed E-state index contributed by atoms with van der Waals surface area (Å²) in [6.07, 6.45) is 4.57. The van der Waals surface area contributed by atoms with E-state index < -0.39 is 0 Å². The maximum absolute atomic E-state index is 4.19. The zero-order chi connectivity index (χ0) is 12.5. The van der Waals surface area contributed by atoms with Gasteiger partial charge < -0.3 is 5.32 Å². The van der Waals surface area contributed by atoms with E-state index in [1.165, 1.54) is 18.4 Å². The quantitative estimate of drug-likeness (QED) is 0.944. The van der Waals surface area contributed by atoms with Gasteiger partial charge in [-0.15, -0.1) is 5.10 Å². The van der Waals surface area contributed by atoms with E-state index in [-0.39, 0.29) is 0 Å². The van der Waals surface area contributed by atoms with Crippen LogP contribution in [0.25, 0.3) is 5.69 Å². The molecule has 2 aromatic rings. The van der Waals surface area contributed by atoms with E-state index in [1.54, 1.807) is 0 Å². The summed E-state index contributed by atoms with van der Waals surface area (Å²) in [5, 5.41) is 11.8. The van der Waals surface area contributed by atoms with Gasteiger partial charge in [-0.1, -0.05) is 21.1 Å². The van der Waals surface area contributed by atoms with Gasteiger partial charge >= 0.3 is 0 Å². The van der Waals surface area contributed by atoms with Crippen molar-refractivity contribution in [1.29, 1.82) is 0 Å². The molecule has 1 fully saturated rings. The molecule has 18 heavy (non-hydrogen) atoms. The molecule has 1 saturated carbocycles. The van der Waals surface area contributed by atoms with Gasteiger partial charge in [-0.3, -0.25) is 0 Å². The predicted molar refractivity (Wildman–Crippen MR) is 73.7 cm³/mol. The molecule has 3 rings (SSSR count). The second kappa shape index (κ2) is 4.82. The highest BCUT2D eigenvalue weighted by Gasteiger charge is 2.20. The largest absolute Gasteiger partial charge is 0.308 e. The van der Waals surface area contributed by atoms with Crippen LogP contribution in [0.1, 0.15) is 24.1 Å². The van der Waals surface area contributed by atoms with E-state index >= 15 is 0 Å². The van der Waals surface area contributed by atoms with E-state index in [4.69, 9.17) is 0 Å². The SMILES string of the molecule is Cc1cc(Br)ccc1-n1cc(CNC2CC2)nn1. The number of hydrogen-bond donors (Lipinski definition) is 1. The Labute approximate surface area is 115 Å². The Hall–Kier alpha value is -1.20. The van der Waals surface area contributed by atoms with Gasteiger partial charge in [0.15, 0.2) is 0 Å². The monoisotopic (exact) mass is 306 g/mol. The van der Waals surface area contributed by atoms with Crippen molar-refractivity contribution in [1.82, 2.24) is 20.3 Å². The first-order valence-corrected chi connectivity index (χ1v) is 6.93. The van der Waals surface area contributed by atoms with Crippen LogP contribution in [-0.2, 0) is 6.54 Å². The van der Waals surface area contributed by atoms with Crippen molar-refractivity contribution in [3.8, 4) is 5.69 Å². The average Bonchev–Trinajstić information content (AvgIpc) is 3.05. The Balaban J connectivity index is 1.78. The molecule has 1 N–H and O–H groups in total. The summed E-state index contributed by atoms with van der Waals surface area (Å²) in [6, 6.07) is 6.85. The van der Waals surface area contributed by atoms with Crippen LogP contribution in [0, 0.1) is 6.92 Å². The summed E-state index contributed by atoms with van der Waals surface area (Å²) < 4.78 is 2.92. The molecule has 1 aromatic carbocycles. The lowest BCUT2D eigenvalue weighted by molar-refractivity contribution is 0.671. The molecule has 5 heteroatoms. The van der Waals surface area contributed by atoms with E-state index in [0.717, 1.165) is 22.4 Å². The molecule has 4 nitrogen and oxygen atoms in total. The minimum absolute atomic E-state index is 0.699. The normalized spacial score (nSPS) is 15.0. The summed E-state index contributed by atoms with van der Waals surface area (Å²) in [5.74, 6) is 0. The highest BCUT2D eigenvalue weighted by Crippen LogP contribution is 2.20. The van der Waals surface area contributed by atoms with E-state index in [0.29, 0.717) is 6.04 Å². The number of benzene rings is 1. The molecule has 0 unspecified atom stereocenters. The van der Waals surface area contributed by atoms with Crippen molar-refractivity contribution in [3.05, 3.63) is 40.1 Å². The Kier molecular flexibility index (Phi) is 3.18. The fourth-order valence-electron chi connectivity index (χ4n) is 1.91. The fraction of sp³-hybridized carbons (Fsp3) is 0.385. The Morgan fingerprint density at radius 1 is 1.44 bits per heavy atom. The summed E-state index contributed by atoms with van der Waals surface area (Å²) in [5.41, 5.74) is 3.24. The zero-order valence-electron chi connectivity index (χ0n) is 10.2. The van der Waals surface area contributed by atoms with Crippen molar-refractivity contribution in [2.75, 3.05) is 0 Å². The first kappa shape index (κ1) is 11.9. The highest BCUT2D eigenvalue weighted by molar-refractivity contribution is 9.10. The highest BCUT2D eigenvalue weighted by atomic mass is 79.9. The molecule has 0 aliphatic heterocycles. The van der Waals surface area contributed by atoms with Gasteiger partial charge in [-0.2, -0.15) is 0 Å². The standard InChI is InChI=1S/C13H15BrN4/c1-9-6-10(14)2-5-13(9)18-8-12(16-17-18)7-15-11-3-4-11/h2,5-6,8,11,15H,3-4,7H2,1H3. The van der Waals surface area contributed by atoms with Gasteiger partial charge in [-0.25, -0.2) is 4.68 Å². The van der Waals surface area contributed by atoms with Gasteiger partial charge in [-0.05, 0) is 43.5 Å². The number of nitrogens with zero attached hydrogens (tertiary/aromatic N) is 3. The van der Waals surface area contributed by atoms with Crippen LogP contribution in [0.2, 0.25) is 0 Å². The number of aromatic nitrogens is 3. The molecule has 1 aromatic heterocycles. The zero-order valence-corrected chi connectivity index (χ0v) is 11.8. The molecule has 94 valence electrons. The van der Waals surface area contributed by atoms with Gasteiger partial charge in [0, 0.05) is 17.1 Å². The number of halogens is 1. The van der Waals surface area contributed by atoms with E-state index in [1.807, 2.05) is 23.0 Å². The fourth-order valence-corrected chi connectivity index (χ4v) is 2.38. The second-order valence-electron chi connectivity index (χ2n) is 4.74. The molecule has 0 atom stereocenters. The molecule has 0 bridgehead atoms. The lowest BCUT2D eigenvalue weighted by Crippen LogP contribution is -2.15. The molecule has 0 saturated heterocycles. The number of nitrogens with one attached hydrogen (secondary N) is 1. The van der Waals surface area contributed by atoms with Gasteiger partial charge in [0.25, 0.3) is 0 Å². The lowest BCUT2D eigenvalue weighted by Gasteiger charge is -2.04. The summed E-state index contributed by atoms with van der Waals surface area (Å²) in [6.45, 7) is 2.88. The second-order valence-corrected chi connectivity index (χ2v) is 5.66. The molecule has 1 aliphatic carbocycles. The topological polar surface area (TPSA) is 42.7 Å². The van der Waals surface area contributed by atoms with E-state index in [9.17, 15) is 0 Å². The molecule has 1 heterocycles. The van der Waals surface area contributed by atoms with Crippen molar-refractivity contribution in [2.45, 2.75) is 32.4 Å². The molecule has 0 radical (unpaired) electrons. The van der Waals surface area contributed by atoms with Crippen LogP contribution in [0.4, 0.5) is 0 Å². The predicted octanol–water partition coefficient (Wildman–Crippen LogP) is 2.59. The number of aryl methyl sites for hydroxylation is 1. The molecular weight excluding hydrogens is 292 g/mol. The molecule has 1 aliphatic rings. The van der Waals surface area contributed by atoms with Gasteiger partial charge in [0.05, 0.1) is 17.6 Å². The smallest absolute Gasteiger partial charge is 0.0969 e. The van der Waals surface area contributed by atoms with Crippen molar-refractivity contribution in [3.63, 3.8) is 0 Å². The maximum Gasteiger partial charge on any atom is 0.0969 e. The van der Waals surface area contributed by atoms with Crippen LogP contribution < -0.4 is 5.32 Å². The summed E-state index contributed by atoms with van der Waals surface area (Å²) >= 11 is 3.47. The van der Waals surface area contributed by atoms with Crippen LogP contribution >= 0.6 is 15.9 Å². The molecule has 0 spiro atoms. The minimum atomic E-state index is 0.699. The molecular formula is C13H15BrN4. The van der Waals surface area contributed by atoms with Crippen LogP contribution in [0.15, 0.2) is 28.9 Å². The average molecular weight is 307 g/mol. The lowest BCUT2D eigenvalue weighted by atomic mass is 10.2. The third-order valence-electron chi connectivity index (χ3n) is 3.10. The van der Waals surface area contributed by atoms with Gasteiger partial charge in [0.1, 0.15) is 0 Å². The summed E-state index contributed by atoms with van der Waals surface area (Å²) in [7, 11) is 0. The third-order valence-corrected chi connectivity index (χ3v) is 3.59. The van der Waals surface area contributed by atoms with Crippen LogP contribution in [-0.4, -0.2) is 21.0 Å². The Morgan fingerprint density at radius 2 is 2.28 bits per heavy atom. The van der Waals surface area contributed by atoms with Crippen molar-refractivity contribution < 1.29 is 0 Å². The van der Waals surface area contributed by atoms with Crippen molar-refractivity contribution in [2.24, 2.45) is 0 Å². The Morgan fingerprint density at radius 3 is 3.00 bits per heavy atom. The minimum Gasteiger partial charge on any atom is -0.308 e. The van der Waals surface area contributed by atoms with Crippen molar-refractivity contribution >= 4 is 15.9 Å². The van der Waals surface area contributed by atoms with Crippen LogP contribution in [0.3, 0.4) is 0 Å². The van der Waals surface area contributed by atoms with Gasteiger partial charge in [0.2, 0.25) is 0 Å². The first-order valence-electron chi connectivity index (χ1n) is 6.13. The Bertz CT molecular complexity index is 560. The third kappa shape index (κ3) is 2.62. The maximum atomic E-state index is 4.19. The first-order chi connectivity index (χ1) is 8.72. The number of hydrogen-bond acceptors (Lipinski definition) is 3.